The number of ether oxygens (including phenoxy) is 2. The third-order valence-corrected chi connectivity index (χ3v) is 6.77. The van der Waals surface area contributed by atoms with E-state index in [-0.39, 0.29) is 51.7 Å². The second kappa shape index (κ2) is 7.99. The Labute approximate surface area is 194 Å². The molecule has 0 bridgehead atoms. The van der Waals surface area contributed by atoms with Crippen molar-refractivity contribution in [2.45, 2.75) is 57.4 Å². The molecule has 0 radical (unpaired) electrons. The Kier molecular flexibility index (Phi) is 5.33. The van der Waals surface area contributed by atoms with E-state index in [9.17, 15) is 34.8 Å². The second-order valence-electron chi connectivity index (χ2n) is 9.25. The largest absolute Gasteiger partial charge is 0.507 e. The van der Waals surface area contributed by atoms with Gasteiger partial charge in [0.25, 0.3) is 0 Å². The molecular weight excluding hydrogens is 444 g/mol. The average molecular weight is 468 g/mol. The first kappa shape index (κ1) is 22.7. The minimum Gasteiger partial charge on any atom is -0.507 e. The Morgan fingerprint density at radius 3 is 2.35 bits per heavy atom. The molecule has 1 aliphatic heterocycles. The first-order valence-electron chi connectivity index (χ1n) is 11.1. The summed E-state index contributed by atoms with van der Waals surface area (Å²) in [5.74, 6) is -1.97. The number of carbonyl (C=O) groups excluding carboxylic acids is 3. The van der Waals surface area contributed by atoms with Crippen molar-refractivity contribution in [2.75, 3.05) is 0 Å². The van der Waals surface area contributed by atoms with Crippen LogP contribution in [0.1, 0.15) is 68.0 Å². The molecule has 2 aliphatic carbocycles. The average Bonchev–Trinajstić information content (AvgIpc) is 2.78. The summed E-state index contributed by atoms with van der Waals surface area (Å²) in [4.78, 5) is 39.9. The molecule has 4 N–H and O–H groups in total. The van der Waals surface area contributed by atoms with E-state index in [1.165, 1.54) is 31.2 Å². The van der Waals surface area contributed by atoms with E-state index in [2.05, 4.69) is 0 Å². The number of phenolic OH excluding ortho intramolecular Hbond substituents is 1. The number of aliphatic hydroxyl groups excluding tert-OH is 3. The number of ketones is 3. The first-order chi connectivity index (χ1) is 16.1. The van der Waals surface area contributed by atoms with Crippen molar-refractivity contribution in [3.05, 3.63) is 57.6 Å². The van der Waals surface area contributed by atoms with Crippen LogP contribution in [0.4, 0.5) is 0 Å². The van der Waals surface area contributed by atoms with E-state index in [4.69, 9.17) is 9.47 Å². The van der Waals surface area contributed by atoms with Gasteiger partial charge in [0.1, 0.15) is 29.8 Å². The van der Waals surface area contributed by atoms with Crippen LogP contribution < -0.4 is 4.74 Å². The van der Waals surface area contributed by atoms with Gasteiger partial charge in [-0.05, 0) is 37.0 Å². The molecule has 1 unspecified atom stereocenters. The van der Waals surface area contributed by atoms with Crippen LogP contribution in [0.2, 0.25) is 0 Å². The molecule has 2 aromatic carbocycles. The highest BCUT2D eigenvalue weighted by atomic mass is 16.7. The summed E-state index contributed by atoms with van der Waals surface area (Å²) in [5, 5.41) is 41.0. The van der Waals surface area contributed by atoms with Gasteiger partial charge in [-0.25, -0.2) is 0 Å². The van der Waals surface area contributed by atoms with Crippen LogP contribution in [0.15, 0.2) is 24.3 Å². The van der Waals surface area contributed by atoms with E-state index in [1.807, 2.05) is 6.92 Å². The fourth-order valence-corrected chi connectivity index (χ4v) is 5.07. The van der Waals surface area contributed by atoms with Crippen molar-refractivity contribution in [2.24, 2.45) is 5.92 Å². The quantitative estimate of drug-likeness (QED) is 0.434. The van der Waals surface area contributed by atoms with Crippen molar-refractivity contribution >= 4 is 17.3 Å². The summed E-state index contributed by atoms with van der Waals surface area (Å²) in [6, 6.07) is 5.68. The highest BCUT2D eigenvalue weighted by Crippen LogP contribution is 2.42. The monoisotopic (exact) mass is 468 g/mol. The lowest BCUT2D eigenvalue weighted by Crippen LogP contribution is -2.58. The van der Waals surface area contributed by atoms with E-state index in [1.54, 1.807) is 0 Å². The van der Waals surface area contributed by atoms with Gasteiger partial charge in [0.2, 0.25) is 12.1 Å². The SMILES string of the molecule is CC1CC(=O)c2c(cc(O)c3c2C(=O)c2cccc(O[C@@H]4O[C@@H](C)[C@H](O)[C@@H](O)[C@H]4O)c2C3=O)C1. The minimum absolute atomic E-state index is 0.00634. The number of aliphatic hydroxyl groups is 3. The molecule has 9 nitrogen and oxygen atoms in total. The van der Waals surface area contributed by atoms with Gasteiger partial charge in [-0.2, -0.15) is 0 Å². The molecular formula is C25H24O9. The molecule has 9 heteroatoms. The minimum atomic E-state index is -1.62. The summed E-state index contributed by atoms with van der Waals surface area (Å²) in [6.07, 6.45) is -6.06. The van der Waals surface area contributed by atoms with Crippen molar-refractivity contribution in [3.8, 4) is 11.5 Å². The summed E-state index contributed by atoms with van der Waals surface area (Å²) >= 11 is 0. The van der Waals surface area contributed by atoms with Gasteiger partial charge >= 0.3 is 0 Å². The maximum Gasteiger partial charge on any atom is 0.229 e. The Hall–Kier alpha value is -3.11. The van der Waals surface area contributed by atoms with Gasteiger partial charge < -0.3 is 29.9 Å². The maximum atomic E-state index is 13.6. The number of Topliss-reactive ketones (excluding diaryl/α,β-unsaturated/α-hetero) is 1. The number of phenols is 1. The number of aromatic hydroxyl groups is 1. The Bertz CT molecular complexity index is 1230. The van der Waals surface area contributed by atoms with Gasteiger partial charge in [-0.3, -0.25) is 14.4 Å². The molecule has 178 valence electrons. The molecule has 5 rings (SSSR count). The van der Waals surface area contributed by atoms with E-state index < -0.39 is 48.0 Å². The van der Waals surface area contributed by atoms with Crippen molar-refractivity contribution in [1.29, 1.82) is 0 Å². The molecule has 0 saturated carbocycles. The number of hydrogen-bond acceptors (Lipinski definition) is 9. The van der Waals surface area contributed by atoms with Gasteiger partial charge in [-0.15, -0.1) is 0 Å². The molecule has 2 aromatic rings. The number of hydrogen-bond donors (Lipinski definition) is 4. The van der Waals surface area contributed by atoms with Crippen LogP contribution in [0.3, 0.4) is 0 Å². The number of benzene rings is 2. The zero-order valence-corrected chi connectivity index (χ0v) is 18.5. The third-order valence-electron chi connectivity index (χ3n) is 6.77. The lowest BCUT2D eigenvalue weighted by Gasteiger charge is -2.39. The van der Waals surface area contributed by atoms with E-state index in [0.717, 1.165) is 0 Å². The van der Waals surface area contributed by atoms with Crippen LogP contribution in [0.25, 0.3) is 0 Å². The molecule has 0 aromatic heterocycles. The number of carbonyl (C=O) groups is 3. The lowest BCUT2D eigenvalue weighted by atomic mass is 9.74. The molecule has 34 heavy (non-hydrogen) atoms. The predicted octanol–water partition coefficient (Wildman–Crippen LogP) is 1.14. The van der Waals surface area contributed by atoms with Crippen LogP contribution >= 0.6 is 0 Å². The van der Waals surface area contributed by atoms with Crippen molar-refractivity contribution in [1.82, 2.24) is 0 Å². The van der Waals surface area contributed by atoms with Crippen molar-refractivity contribution in [3.63, 3.8) is 0 Å². The molecule has 0 spiro atoms. The second-order valence-corrected chi connectivity index (χ2v) is 9.25. The van der Waals surface area contributed by atoms with Gasteiger partial charge in [0, 0.05) is 23.1 Å². The fraction of sp³-hybridized carbons (Fsp3) is 0.400. The maximum absolute atomic E-state index is 13.6. The summed E-state index contributed by atoms with van der Waals surface area (Å²) in [6.45, 7) is 3.39. The fourth-order valence-electron chi connectivity index (χ4n) is 5.07. The summed E-state index contributed by atoms with van der Waals surface area (Å²) in [5.41, 5.74) is 0.214. The molecule has 6 atom stereocenters. The lowest BCUT2D eigenvalue weighted by molar-refractivity contribution is -0.268. The van der Waals surface area contributed by atoms with Crippen LogP contribution in [0, 0.1) is 5.92 Å². The zero-order valence-electron chi connectivity index (χ0n) is 18.5. The predicted molar refractivity (Wildman–Crippen MR) is 116 cm³/mol. The standard InChI is InChI=1S/C25H24O9/c1-9-6-11-8-14(27)18-19(16(11)13(26)7-9)21(29)12-4-3-5-15(17(12)22(18)30)34-25-24(32)23(31)20(28)10(2)33-25/h3-5,8-10,20,23-25,27-28,31-32H,6-7H2,1-2H3/t9?,10-,20-,23+,24+,25-/m0/s1. The molecule has 1 fully saturated rings. The van der Waals surface area contributed by atoms with Crippen LogP contribution in [-0.4, -0.2) is 68.5 Å². The Morgan fingerprint density at radius 2 is 1.62 bits per heavy atom. The third kappa shape index (κ3) is 3.27. The zero-order chi connectivity index (χ0) is 24.5. The number of rotatable bonds is 2. The Balaban J connectivity index is 1.60. The highest BCUT2D eigenvalue weighted by Gasteiger charge is 2.45. The van der Waals surface area contributed by atoms with E-state index >= 15 is 0 Å². The highest BCUT2D eigenvalue weighted by molar-refractivity contribution is 6.32. The normalized spacial score (nSPS) is 30.4. The molecule has 1 heterocycles. The molecule has 3 aliphatic rings. The van der Waals surface area contributed by atoms with Gasteiger partial charge in [0.05, 0.1) is 17.2 Å². The topological polar surface area (TPSA) is 151 Å². The molecule has 0 amide bonds. The van der Waals surface area contributed by atoms with Gasteiger partial charge in [0.15, 0.2) is 11.6 Å². The first-order valence-corrected chi connectivity index (χ1v) is 11.1. The number of fused-ring (bicyclic) bond motifs is 4. The smallest absolute Gasteiger partial charge is 0.229 e. The van der Waals surface area contributed by atoms with Crippen LogP contribution in [0.5, 0.6) is 11.5 Å². The van der Waals surface area contributed by atoms with Gasteiger partial charge in [-0.1, -0.05) is 19.1 Å². The summed E-state index contributed by atoms with van der Waals surface area (Å²) < 4.78 is 11.2. The van der Waals surface area contributed by atoms with Crippen LogP contribution in [-0.2, 0) is 11.2 Å². The Morgan fingerprint density at radius 1 is 0.882 bits per heavy atom. The van der Waals surface area contributed by atoms with E-state index in [0.29, 0.717) is 12.0 Å². The molecule has 1 saturated heterocycles. The summed E-state index contributed by atoms with van der Waals surface area (Å²) in [7, 11) is 0. The van der Waals surface area contributed by atoms with Crippen molar-refractivity contribution < 1.29 is 44.3 Å².